The number of carbonyl (C=O) groups excluding carboxylic acids is 1. The van der Waals surface area contributed by atoms with E-state index < -0.39 is 32.5 Å². The minimum Gasteiger partial charge on any atom is -0.325 e. The summed E-state index contributed by atoms with van der Waals surface area (Å²) in [4.78, 5) is 13.2. The van der Waals surface area contributed by atoms with Crippen molar-refractivity contribution in [1.29, 1.82) is 0 Å². The molecule has 0 saturated carbocycles. The van der Waals surface area contributed by atoms with Crippen LogP contribution >= 0.6 is 15.9 Å². The van der Waals surface area contributed by atoms with E-state index in [9.17, 15) is 21.6 Å². The fourth-order valence-corrected chi connectivity index (χ4v) is 6.71. The minimum atomic E-state index is -4.07. The van der Waals surface area contributed by atoms with Crippen molar-refractivity contribution in [2.75, 3.05) is 20.9 Å². The number of hydrogen-bond acceptors (Lipinski definition) is 5. The summed E-state index contributed by atoms with van der Waals surface area (Å²) in [5.74, 6) is -0.583. The Balaban J connectivity index is 1.55. The lowest BCUT2D eigenvalue weighted by Gasteiger charge is -2.26. The number of anilines is 3. The van der Waals surface area contributed by atoms with Gasteiger partial charge in [-0.1, -0.05) is 45.8 Å². The second kappa shape index (κ2) is 11.8. The van der Waals surface area contributed by atoms with Gasteiger partial charge in [0.05, 0.1) is 15.5 Å². The van der Waals surface area contributed by atoms with E-state index in [4.69, 9.17) is 0 Å². The number of amides is 1. The van der Waals surface area contributed by atoms with Crippen molar-refractivity contribution in [2.45, 2.75) is 30.6 Å². The number of aryl methyl sites for hydroxylation is 3. The van der Waals surface area contributed by atoms with Gasteiger partial charge in [0.2, 0.25) is 5.91 Å². The molecule has 2 N–H and O–H groups in total. The molecule has 0 spiro atoms. The zero-order chi connectivity index (χ0) is 29.1. The van der Waals surface area contributed by atoms with Crippen LogP contribution < -0.4 is 14.3 Å². The van der Waals surface area contributed by atoms with E-state index in [1.54, 1.807) is 49.4 Å². The van der Waals surface area contributed by atoms with Gasteiger partial charge in [-0.05, 0) is 98.6 Å². The molecule has 0 saturated heterocycles. The molecule has 0 aliphatic carbocycles. The van der Waals surface area contributed by atoms with Crippen LogP contribution in [-0.4, -0.2) is 29.3 Å². The Labute approximate surface area is 243 Å². The predicted molar refractivity (Wildman–Crippen MR) is 162 cm³/mol. The maximum absolute atomic E-state index is 13.7. The van der Waals surface area contributed by atoms with Crippen LogP contribution in [0, 0.1) is 20.8 Å². The van der Waals surface area contributed by atoms with E-state index >= 15 is 0 Å². The Hall–Kier alpha value is -3.67. The first-order chi connectivity index (χ1) is 18.8. The molecule has 11 heteroatoms. The molecule has 0 radical (unpaired) electrons. The monoisotopic (exact) mass is 641 g/mol. The Morgan fingerprint density at radius 1 is 0.725 bits per heavy atom. The summed E-state index contributed by atoms with van der Waals surface area (Å²) in [6.07, 6.45) is 0. The summed E-state index contributed by atoms with van der Waals surface area (Å²) in [7, 11) is -7.93. The first-order valence-electron chi connectivity index (χ1n) is 12.2. The largest absolute Gasteiger partial charge is 0.325 e. The van der Waals surface area contributed by atoms with Gasteiger partial charge in [-0.15, -0.1) is 0 Å². The highest BCUT2D eigenvalue weighted by Gasteiger charge is 2.28. The second-order valence-electron chi connectivity index (χ2n) is 9.30. The van der Waals surface area contributed by atoms with Crippen LogP contribution in [0.25, 0.3) is 0 Å². The summed E-state index contributed by atoms with van der Waals surface area (Å²) < 4.78 is 57.3. The van der Waals surface area contributed by atoms with Crippen molar-refractivity contribution in [3.8, 4) is 0 Å². The smallest absolute Gasteiger partial charge is 0.264 e. The number of hydrogen-bond donors (Lipinski definition) is 2. The van der Waals surface area contributed by atoms with Gasteiger partial charge in [-0.25, -0.2) is 16.8 Å². The molecule has 8 nitrogen and oxygen atoms in total. The first kappa shape index (κ1) is 29.3. The van der Waals surface area contributed by atoms with Crippen LogP contribution in [0.15, 0.2) is 105 Å². The number of rotatable bonds is 9. The predicted octanol–water partition coefficient (Wildman–Crippen LogP) is 6.01. The zero-order valence-corrected chi connectivity index (χ0v) is 25.3. The lowest BCUT2D eigenvalue weighted by atomic mass is 10.1. The molecule has 0 aromatic heterocycles. The topological polar surface area (TPSA) is 113 Å². The molecule has 4 aromatic carbocycles. The van der Waals surface area contributed by atoms with Gasteiger partial charge < -0.3 is 5.32 Å². The number of nitrogens with one attached hydrogen (secondary N) is 2. The Kier molecular flexibility index (Phi) is 8.67. The number of carbonyl (C=O) groups is 1. The van der Waals surface area contributed by atoms with E-state index in [2.05, 4.69) is 26.0 Å². The standard InChI is InChI=1S/C29H28BrN3O5S2/c1-20-5-14-27(15-6-20)40(37,38)33(28-18-21(2)4-7-22(28)3)19-29(34)31-24-12-16-26(17-13-24)39(35,36)32-25-10-8-23(30)9-11-25/h4-18,32H,19H2,1-3H3,(H,31,34). The summed E-state index contributed by atoms with van der Waals surface area (Å²) in [6.45, 7) is 5.01. The average molecular weight is 643 g/mol. The molecule has 40 heavy (non-hydrogen) atoms. The number of halogens is 1. The van der Waals surface area contributed by atoms with E-state index in [0.29, 0.717) is 22.6 Å². The van der Waals surface area contributed by atoms with Crippen molar-refractivity contribution < 1.29 is 21.6 Å². The van der Waals surface area contributed by atoms with Gasteiger partial charge in [0, 0.05) is 15.8 Å². The van der Waals surface area contributed by atoms with Crippen molar-refractivity contribution in [3.63, 3.8) is 0 Å². The first-order valence-corrected chi connectivity index (χ1v) is 15.9. The molecular formula is C29H28BrN3O5S2. The number of nitrogens with zero attached hydrogens (tertiary/aromatic N) is 1. The number of sulfonamides is 2. The molecule has 4 rings (SSSR count). The molecule has 0 aliphatic rings. The molecule has 0 fully saturated rings. The van der Waals surface area contributed by atoms with E-state index in [0.717, 1.165) is 19.9 Å². The number of benzene rings is 4. The van der Waals surface area contributed by atoms with Gasteiger partial charge in [0.15, 0.2) is 0 Å². The third kappa shape index (κ3) is 6.90. The molecule has 0 aliphatic heterocycles. The third-order valence-electron chi connectivity index (χ3n) is 6.07. The second-order valence-corrected chi connectivity index (χ2v) is 13.8. The SMILES string of the molecule is Cc1ccc(S(=O)(=O)N(CC(=O)Nc2ccc(S(=O)(=O)Nc3ccc(Br)cc3)cc2)c2cc(C)ccc2C)cc1. The molecule has 4 aromatic rings. The molecule has 0 heterocycles. The fraction of sp³-hybridized carbons (Fsp3) is 0.138. The fourth-order valence-electron chi connectivity index (χ4n) is 3.91. The highest BCUT2D eigenvalue weighted by atomic mass is 79.9. The van der Waals surface area contributed by atoms with E-state index in [1.165, 1.54) is 36.4 Å². The molecule has 1 amide bonds. The van der Waals surface area contributed by atoms with Gasteiger partial charge >= 0.3 is 0 Å². The minimum absolute atomic E-state index is 0.00683. The molecule has 0 unspecified atom stereocenters. The Morgan fingerprint density at radius 3 is 1.90 bits per heavy atom. The average Bonchev–Trinajstić information content (AvgIpc) is 2.90. The molecule has 208 valence electrons. The van der Waals surface area contributed by atoms with Crippen LogP contribution in [0.3, 0.4) is 0 Å². The van der Waals surface area contributed by atoms with E-state index in [1.807, 2.05) is 26.0 Å². The molecule has 0 atom stereocenters. The van der Waals surface area contributed by atoms with E-state index in [-0.39, 0.29) is 9.79 Å². The van der Waals surface area contributed by atoms with Crippen LogP contribution in [0.4, 0.5) is 17.1 Å². The van der Waals surface area contributed by atoms with Crippen LogP contribution in [0.5, 0.6) is 0 Å². The van der Waals surface area contributed by atoms with Crippen molar-refractivity contribution in [2.24, 2.45) is 0 Å². The Morgan fingerprint density at radius 2 is 1.27 bits per heavy atom. The maximum atomic E-state index is 13.7. The van der Waals surface area contributed by atoms with Crippen molar-refractivity contribution in [1.82, 2.24) is 0 Å². The lowest BCUT2D eigenvalue weighted by molar-refractivity contribution is -0.114. The van der Waals surface area contributed by atoms with Gasteiger partial charge in [0.1, 0.15) is 6.54 Å². The van der Waals surface area contributed by atoms with Crippen LogP contribution in [0.1, 0.15) is 16.7 Å². The lowest BCUT2D eigenvalue weighted by Crippen LogP contribution is -2.38. The zero-order valence-electron chi connectivity index (χ0n) is 22.1. The summed E-state index contributed by atoms with van der Waals surface area (Å²) in [6, 6.07) is 24.2. The third-order valence-corrected chi connectivity index (χ3v) is 9.77. The van der Waals surface area contributed by atoms with Crippen molar-refractivity contribution >= 4 is 58.9 Å². The maximum Gasteiger partial charge on any atom is 0.264 e. The van der Waals surface area contributed by atoms with Gasteiger partial charge in [-0.3, -0.25) is 13.8 Å². The van der Waals surface area contributed by atoms with Crippen LogP contribution in [0.2, 0.25) is 0 Å². The quantitative estimate of drug-likeness (QED) is 0.232. The Bertz CT molecular complexity index is 1740. The van der Waals surface area contributed by atoms with Crippen LogP contribution in [-0.2, 0) is 24.8 Å². The normalized spacial score (nSPS) is 11.6. The molecule has 0 bridgehead atoms. The highest BCUT2D eigenvalue weighted by molar-refractivity contribution is 9.10. The molecular weight excluding hydrogens is 614 g/mol. The van der Waals surface area contributed by atoms with Gasteiger partial charge in [-0.2, -0.15) is 0 Å². The van der Waals surface area contributed by atoms with Crippen molar-refractivity contribution in [3.05, 3.63) is 112 Å². The summed E-state index contributed by atoms with van der Waals surface area (Å²) in [5, 5.41) is 2.68. The summed E-state index contributed by atoms with van der Waals surface area (Å²) >= 11 is 3.31. The van der Waals surface area contributed by atoms with Gasteiger partial charge in [0.25, 0.3) is 20.0 Å². The highest BCUT2D eigenvalue weighted by Crippen LogP contribution is 2.28. The summed E-state index contributed by atoms with van der Waals surface area (Å²) in [5.41, 5.74) is 3.58.